The van der Waals surface area contributed by atoms with E-state index in [1.165, 1.54) is 12.1 Å². The van der Waals surface area contributed by atoms with E-state index in [0.717, 1.165) is 6.07 Å². The van der Waals surface area contributed by atoms with Gasteiger partial charge >= 0.3 is 0 Å². The minimum absolute atomic E-state index is 0.0276. The Hall–Kier alpha value is -1.45. The molecule has 1 aromatic carbocycles. The van der Waals surface area contributed by atoms with Crippen molar-refractivity contribution in [1.82, 2.24) is 0 Å². The van der Waals surface area contributed by atoms with E-state index in [1.807, 2.05) is 0 Å². The van der Waals surface area contributed by atoms with Gasteiger partial charge < -0.3 is 4.84 Å². The van der Waals surface area contributed by atoms with Crippen LogP contribution in [0.15, 0.2) is 23.4 Å². The van der Waals surface area contributed by atoms with Crippen LogP contribution in [0.4, 0.5) is 8.78 Å². The predicted molar refractivity (Wildman–Crippen MR) is 61.8 cm³/mol. The van der Waals surface area contributed by atoms with E-state index in [-0.39, 0.29) is 11.3 Å². The molecule has 1 heterocycles. The highest BCUT2D eigenvalue weighted by Gasteiger charge is 2.35. The van der Waals surface area contributed by atoms with Crippen LogP contribution in [0, 0.1) is 23.0 Å². The van der Waals surface area contributed by atoms with Gasteiger partial charge in [0.15, 0.2) is 11.6 Å². The molecule has 0 saturated carbocycles. The van der Waals surface area contributed by atoms with Crippen LogP contribution in [0.1, 0.15) is 26.3 Å². The summed E-state index contributed by atoms with van der Waals surface area (Å²) in [6.45, 7) is 6.70. The molecule has 4 heteroatoms. The first-order chi connectivity index (χ1) is 7.89. The van der Waals surface area contributed by atoms with Gasteiger partial charge in [-0.3, -0.25) is 0 Å². The van der Waals surface area contributed by atoms with Crippen molar-refractivity contribution < 1.29 is 13.6 Å². The predicted octanol–water partition coefficient (Wildman–Crippen LogP) is 3.36. The SMILES string of the molecule is CC(C)(C)[C@H]1CON=C1c1ccc(F)c(F)c1. The lowest BCUT2D eigenvalue weighted by Crippen LogP contribution is -2.29. The Balaban J connectivity index is 2.36. The molecule has 1 aliphatic heterocycles. The molecule has 2 rings (SSSR count). The van der Waals surface area contributed by atoms with Crippen molar-refractivity contribution in [3.05, 3.63) is 35.4 Å². The monoisotopic (exact) mass is 239 g/mol. The van der Waals surface area contributed by atoms with Crippen LogP contribution in [0.5, 0.6) is 0 Å². The Morgan fingerprint density at radius 3 is 2.53 bits per heavy atom. The lowest BCUT2D eigenvalue weighted by molar-refractivity contribution is 0.123. The van der Waals surface area contributed by atoms with Crippen LogP contribution in [-0.4, -0.2) is 12.3 Å². The highest BCUT2D eigenvalue weighted by Crippen LogP contribution is 2.33. The van der Waals surface area contributed by atoms with Gasteiger partial charge in [0.2, 0.25) is 0 Å². The Bertz CT molecular complexity index is 463. The highest BCUT2D eigenvalue weighted by atomic mass is 19.2. The van der Waals surface area contributed by atoms with Crippen molar-refractivity contribution in [3.63, 3.8) is 0 Å². The molecule has 0 amide bonds. The fraction of sp³-hybridized carbons (Fsp3) is 0.462. The summed E-state index contributed by atoms with van der Waals surface area (Å²) in [5, 5.41) is 3.95. The van der Waals surface area contributed by atoms with E-state index in [2.05, 4.69) is 25.9 Å². The minimum Gasteiger partial charge on any atom is -0.395 e. The van der Waals surface area contributed by atoms with Gasteiger partial charge in [0, 0.05) is 11.5 Å². The van der Waals surface area contributed by atoms with Crippen LogP contribution in [-0.2, 0) is 4.84 Å². The van der Waals surface area contributed by atoms with Crippen LogP contribution < -0.4 is 0 Å². The first-order valence-electron chi connectivity index (χ1n) is 5.55. The molecule has 0 aromatic heterocycles. The molecule has 17 heavy (non-hydrogen) atoms. The van der Waals surface area contributed by atoms with Crippen molar-refractivity contribution in [2.24, 2.45) is 16.5 Å². The van der Waals surface area contributed by atoms with Crippen molar-refractivity contribution >= 4 is 5.71 Å². The Morgan fingerprint density at radius 2 is 1.94 bits per heavy atom. The van der Waals surface area contributed by atoms with Crippen molar-refractivity contribution in [1.29, 1.82) is 0 Å². The molecule has 0 unspecified atom stereocenters. The molecule has 0 N–H and O–H groups in total. The van der Waals surface area contributed by atoms with Gasteiger partial charge in [-0.2, -0.15) is 0 Å². The van der Waals surface area contributed by atoms with E-state index in [1.54, 1.807) is 0 Å². The van der Waals surface area contributed by atoms with E-state index in [0.29, 0.717) is 17.9 Å². The second-order valence-corrected chi connectivity index (χ2v) is 5.32. The van der Waals surface area contributed by atoms with Gasteiger partial charge in [-0.1, -0.05) is 25.9 Å². The van der Waals surface area contributed by atoms with Crippen LogP contribution in [0.3, 0.4) is 0 Å². The topological polar surface area (TPSA) is 21.6 Å². The second kappa shape index (κ2) is 4.09. The van der Waals surface area contributed by atoms with Gasteiger partial charge in [0.1, 0.15) is 6.61 Å². The van der Waals surface area contributed by atoms with E-state index in [4.69, 9.17) is 4.84 Å². The zero-order valence-corrected chi connectivity index (χ0v) is 10.1. The summed E-state index contributed by atoms with van der Waals surface area (Å²) in [4.78, 5) is 5.09. The average Bonchev–Trinajstić information content (AvgIpc) is 2.70. The van der Waals surface area contributed by atoms with Gasteiger partial charge in [-0.15, -0.1) is 0 Å². The van der Waals surface area contributed by atoms with Gasteiger partial charge in [-0.25, -0.2) is 8.78 Å². The third-order valence-electron chi connectivity index (χ3n) is 2.99. The maximum absolute atomic E-state index is 13.2. The van der Waals surface area contributed by atoms with E-state index in [9.17, 15) is 8.78 Å². The molecule has 1 aromatic rings. The summed E-state index contributed by atoms with van der Waals surface area (Å²) < 4.78 is 26.1. The van der Waals surface area contributed by atoms with E-state index < -0.39 is 11.6 Å². The lowest BCUT2D eigenvalue weighted by Gasteiger charge is -2.26. The van der Waals surface area contributed by atoms with Crippen molar-refractivity contribution in [3.8, 4) is 0 Å². The molecular weight excluding hydrogens is 224 g/mol. The van der Waals surface area contributed by atoms with Crippen LogP contribution in [0.2, 0.25) is 0 Å². The number of nitrogens with zero attached hydrogens (tertiary/aromatic N) is 1. The van der Waals surface area contributed by atoms with Crippen LogP contribution in [0.25, 0.3) is 0 Å². The molecular formula is C13H15F2NO. The number of hydrogen-bond donors (Lipinski definition) is 0. The molecule has 0 saturated heterocycles. The van der Waals surface area contributed by atoms with Gasteiger partial charge in [0.05, 0.1) is 5.71 Å². The van der Waals surface area contributed by atoms with Gasteiger partial charge in [-0.05, 0) is 23.6 Å². The number of rotatable bonds is 1. The highest BCUT2D eigenvalue weighted by molar-refractivity contribution is 6.03. The largest absolute Gasteiger partial charge is 0.395 e. The summed E-state index contributed by atoms with van der Waals surface area (Å²) in [5.74, 6) is -1.61. The Kier molecular flexibility index (Phi) is 2.89. The molecule has 1 atom stereocenters. The summed E-state index contributed by atoms with van der Waals surface area (Å²) in [5.41, 5.74) is 1.25. The van der Waals surface area contributed by atoms with Gasteiger partial charge in [0.25, 0.3) is 0 Å². The number of oxime groups is 1. The van der Waals surface area contributed by atoms with Crippen molar-refractivity contribution in [2.45, 2.75) is 20.8 Å². The summed E-state index contributed by atoms with van der Waals surface area (Å²) in [6.07, 6.45) is 0. The third kappa shape index (κ3) is 2.30. The quantitative estimate of drug-likeness (QED) is 0.736. The first-order valence-corrected chi connectivity index (χ1v) is 5.55. The molecule has 0 aliphatic carbocycles. The fourth-order valence-electron chi connectivity index (χ4n) is 1.89. The molecule has 0 spiro atoms. The smallest absolute Gasteiger partial charge is 0.159 e. The molecule has 0 bridgehead atoms. The summed E-state index contributed by atoms with van der Waals surface area (Å²) >= 11 is 0. The molecule has 2 nitrogen and oxygen atoms in total. The molecule has 1 aliphatic rings. The second-order valence-electron chi connectivity index (χ2n) is 5.32. The summed E-state index contributed by atoms with van der Waals surface area (Å²) in [6, 6.07) is 3.82. The zero-order chi connectivity index (χ0) is 12.6. The van der Waals surface area contributed by atoms with E-state index >= 15 is 0 Å². The zero-order valence-electron chi connectivity index (χ0n) is 10.1. The molecule has 0 radical (unpaired) electrons. The maximum atomic E-state index is 13.2. The minimum atomic E-state index is -0.857. The Labute approximate surface area is 99.3 Å². The Morgan fingerprint density at radius 1 is 1.24 bits per heavy atom. The molecule has 92 valence electrons. The number of benzene rings is 1. The number of halogens is 2. The standard InChI is InChI=1S/C13H15F2NO/c1-13(2,3)9-7-17-16-12(9)8-4-5-10(14)11(15)6-8/h4-6,9H,7H2,1-3H3/t9-/m0/s1. The fourth-order valence-corrected chi connectivity index (χ4v) is 1.89. The first kappa shape index (κ1) is 12.0. The van der Waals surface area contributed by atoms with Crippen molar-refractivity contribution in [2.75, 3.05) is 6.61 Å². The maximum Gasteiger partial charge on any atom is 0.159 e. The third-order valence-corrected chi connectivity index (χ3v) is 2.99. The average molecular weight is 239 g/mol. The molecule has 0 fully saturated rings. The lowest BCUT2D eigenvalue weighted by atomic mass is 9.77. The number of hydrogen-bond acceptors (Lipinski definition) is 2. The van der Waals surface area contributed by atoms with Crippen LogP contribution >= 0.6 is 0 Å². The summed E-state index contributed by atoms with van der Waals surface area (Å²) in [7, 11) is 0. The normalized spacial score (nSPS) is 20.1.